The molecule has 0 radical (unpaired) electrons. The second kappa shape index (κ2) is 2.77. The molecule has 0 spiro atoms. The normalized spacial score (nSPS) is 13.7. The van der Waals surface area contributed by atoms with Crippen LogP contribution < -0.4 is 0 Å². The SMILES string of the molecule is C1=Cc2c3ccccc3cn2C=CO1. The third kappa shape index (κ3) is 0.973. The van der Waals surface area contributed by atoms with Crippen molar-refractivity contribution in [1.29, 1.82) is 0 Å². The molecule has 2 nitrogen and oxygen atoms in total. The first-order chi connectivity index (χ1) is 6.95. The lowest BCUT2D eigenvalue weighted by Gasteiger charge is -1.94. The Hall–Kier alpha value is -1.96. The van der Waals surface area contributed by atoms with E-state index >= 15 is 0 Å². The Bertz CT molecular complexity index is 534. The molecule has 2 heterocycles. The molecule has 0 aliphatic carbocycles. The molecule has 1 aromatic carbocycles. The van der Waals surface area contributed by atoms with Crippen LogP contribution in [0.1, 0.15) is 5.69 Å². The molecule has 3 rings (SSSR count). The van der Waals surface area contributed by atoms with Crippen LogP contribution in [0.5, 0.6) is 0 Å². The van der Waals surface area contributed by atoms with E-state index in [1.54, 1.807) is 12.5 Å². The Kier molecular flexibility index (Phi) is 1.47. The van der Waals surface area contributed by atoms with Gasteiger partial charge in [0.1, 0.15) is 6.26 Å². The number of fused-ring (bicyclic) bond motifs is 3. The summed E-state index contributed by atoms with van der Waals surface area (Å²) in [5.41, 5.74) is 1.16. The van der Waals surface area contributed by atoms with Gasteiger partial charge in [-0.1, -0.05) is 24.3 Å². The summed E-state index contributed by atoms with van der Waals surface area (Å²) in [7, 11) is 0. The van der Waals surface area contributed by atoms with E-state index in [2.05, 4.69) is 22.9 Å². The van der Waals surface area contributed by atoms with Crippen LogP contribution in [-0.4, -0.2) is 4.57 Å². The average Bonchev–Trinajstić information content (AvgIpc) is 2.42. The predicted molar refractivity (Wildman–Crippen MR) is 57.4 cm³/mol. The highest BCUT2D eigenvalue weighted by Gasteiger charge is 2.05. The minimum absolute atomic E-state index is 1.16. The highest BCUT2D eigenvalue weighted by molar-refractivity contribution is 5.91. The molecule has 1 aliphatic heterocycles. The molecule has 1 aliphatic rings. The number of ether oxygens (including phenoxy) is 1. The summed E-state index contributed by atoms with van der Waals surface area (Å²) in [6.45, 7) is 0. The fraction of sp³-hybridized carbons (Fsp3) is 0. The van der Waals surface area contributed by atoms with Crippen molar-refractivity contribution in [2.45, 2.75) is 0 Å². The first-order valence-electron chi connectivity index (χ1n) is 4.53. The van der Waals surface area contributed by atoms with Crippen LogP contribution >= 0.6 is 0 Å². The molecule has 1 aromatic heterocycles. The van der Waals surface area contributed by atoms with Crippen LogP contribution in [0.2, 0.25) is 0 Å². The quantitative estimate of drug-likeness (QED) is 0.612. The van der Waals surface area contributed by atoms with E-state index in [0.717, 1.165) is 5.69 Å². The third-order valence-electron chi connectivity index (χ3n) is 2.40. The molecule has 2 aromatic rings. The number of nitrogens with zero attached hydrogens (tertiary/aromatic N) is 1. The lowest BCUT2D eigenvalue weighted by atomic mass is 10.2. The number of rotatable bonds is 0. The molecule has 0 atom stereocenters. The van der Waals surface area contributed by atoms with E-state index in [9.17, 15) is 0 Å². The zero-order valence-corrected chi connectivity index (χ0v) is 7.55. The monoisotopic (exact) mass is 183 g/mol. The molecular weight excluding hydrogens is 174 g/mol. The number of aromatic nitrogens is 1. The summed E-state index contributed by atoms with van der Waals surface area (Å²) in [6, 6.07) is 8.32. The molecule has 68 valence electrons. The van der Waals surface area contributed by atoms with Crippen LogP contribution in [0, 0.1) is 0 Å². The molecule has 0 bridgehead atoms. The second-order valence-electron chi connectivity index (χ2n) is 3.23. The third-order valence-corrected chi connectivity index (χ3v) is 2.40. The molecule has 0 saturated carbocycles. The van der Waals surface area contributed by atoms with Gasteiger partial charge in [0.25, 0.3) is 0 Å². The van der Waals surface area contributed by atoms with Gasteiger partial charge >= 0.3 is 0 Å². The zero-order chi connectivity index (χ0) is 9.38. The topological polar surface area (TPSA) is 14.2 Å². The number of hydrogen-bond acceptors (Lipinski definition) is 1. The highest BCUT2D eigenvalue weighted by Crippen LogP contribution is 2.23. The van der Waals surface area contributed by atoms with E-state index in [4.69, 9.17) is 4.74 Å². The Morgan fingerprint density at radius 3 is 3.00 bits per heavy atom. The summed E-state index contributed by atoms with van der Waals surface area (Å²) in [5.74, 6) is 0. The van der Waals surface area contributed by atoms with Crippen molar-refractivity contribution in [2.24, 2.45) is 0 Å². The lowest BCUT2D eigenvalue weighted by Crippen LogP contribution is -1.84. The van der Waals surface area contributed by atoms with Gasteiger partial charge in [-0.2, -0.15) is 0 Å². The summed E-state index contributed by atoms with van der Waals surface area (Å²) in [6.07, 6.45) is 9.35. The lowest BCUT2D eigenvalue weighted by molar-refractivity contribution is 0.410. The molecule has 14 heavy (non-hydrogen) atoms. The second-order valence-corrected chi connectivity index (χ2v) is 3.23. The van der Waals surface area contributed by atoms with Crippen LogP contribution in [0.25, 0.3) is 23.0 Å². The van der Waals surface area contributed by atoms with Crippen LogP contribution in [0.15, 0.2) is 43.0 Å². The standard InChI is InChI=1S/C12H9NO/c1-2-4-11-10(3-1)9-13-6-8-14-7-5-12(11)13/h1-9H. The Morgan fingerprint density at radius 2 is 2.00 bits per heavy atom. The van der Waals surface area contributed by atoms with E-state index in [0.29, 0.717) is 0 Å². The van der Waals surface area contributed by atoms with Crippen molar-refractivity contribution < 1.29 is 4.74 Å². The van der Waals surface area contributed by atoms with Crippen molar-refractivity contribution in [3.05, 3.63) is 48.7 Å². The Morgan fingerprint density at radius 1 is 1.07 bits per heavy atom. The summed E-state index contributed by atoms with van der Waals surface area (Å²) in [4.78, 5) is 0. The highest BCUT2D eigenvalue weighted by atomic mass is 16.5. The van der Waals surface area contributed by atoms with Crippen LogP contribution in [0.3, 0.4) is 0 Å². The van der Waals surface area contributed by atoms with Crippen molar-refractivity contribution in [3.8, 4) is 0 Å². The van der Waals surface area contributed by atoms with Crippen LogP contribution in [-0.2, 0) is 4.74 Å². The van der Waals surface area contributed by atoms with Crippen molar-refractivity contribution in [2.75, 3.05) is 0 Å². The van der Waals surface area contributed by atoms with E-state index < -0.39 is 0 Å². The molecule has 0 N–H and O–H groups in total. The fourth-order valence-corrected chi connectivity index (χ4v) is 1.75. The summed E-state index contributed by atoms with van der Waals surface area (Å²) in [5, 5.41) is 2.50. The maximum Gasteiger partial charge on any atom is 0.107 e. The van der Waals surface area contributed by atoms with Crippen LogP contribution in [0.4, 0.5) is 0 Å². The van der Waals surface area contributed by atoms with Gasteiger partial charge in [-0.15, -0.1) is 0 Å². The van der Waals surface area contributed by atoms with Gasteiger partial charge in [0.05, 0.1) is 12.0 Å². The molecule has 0 unspecified atom stereocenters. The van der Waals surface area contributed by atoms with Crippen molar-refractivity contribution in [1.82, 2.24) is 4.57 Å². The zero-order valence-electron chi connectivity index (χ0n) is 7.55. The first-order valence-corrected chi connectivity index (χ1v) is 4.53. The first kappa shape index (κ1) is 7.44. The maximum absolute atomic E-state index is 5.10. The minimum Gasteiger partial charge on any atom is -0.471 e. The average molecular weight is 183 g/mol. The fourth-order valence-electron chi connectivity index (χ4n) is 1.75. The minimum atomic E-state index is 1.16. The summed E-state index contributed by atoms with van der Waals surface area (Å²) >= 11 is 0. The van der Waals surface area contributed by atoms with Crippen molar-refractivity contribution in [3.63, 3.8) is 0 Å². The number of benzene rings is 1. The summed E-state index contributed by atoms with van der Waals surface area (Å²) < 4.78 is 7.17. The Balaban J connectivity index is 2.41. The van der Waals surface area contributed by atoms with Gasteiger partial charge in [0.2, 0.25) is 0 Å². The molecule has 0 fully saturated rings. The maximum atomic E-state index is 5.10. The smallest absolute Gasteiger partial charge is 0.107 e. The van der Waals surface area contributed by atoms with Gasteiger partial charge < -0.3 is 9.30 Å². The van der Waals surface area contributed by atoms with Gasteiger partial charge in [0, 0.05) is 23.2 Å². The van der Waals surface area contributed by atoms with E-state index in [1.165, 1.54) is 10.8 Å². The number of hydrogen-bond donors (Lipinski definition) is 0. The Labute approximate surface area is 81.7 Å². The van der Waals surface area contributed by atoms with Gasteiger partial charge in [-0.05, 0) is 6.08 Å². The molecular formula is C12H9NO. The molecule has 0 saturated heterocycles. The van der Waals surface area contributed by atoms with E-state index in [1.807, 2.05) is 24.4 Å². The van der Waals surface area contributed by atoms with Crippen molar-refractivity contribution >= 4 is 23.0 Å². The van der Waals surface area contributed by atoms with Gasteiger partial charge in [-0.3, -0.25) is 0 Å². The predicted octanol–water partition coefficient (Wildman–Crippen LogP) is 3.07. The largest absolute Gasteiger partial charge is 0.471 e. The molecule has 0 amide bonds. The van der Waals surface area contributed by atoms with Gasteiger partial charge in [0.15, 0.2) is 0 Å². The van der Waals surface area contributed by atoms with Gasteiger partial charge in [-0.25, -0.2) is 0 Å². The molecule has 2 heteroatoms. The van der Waals surface area contributed by atoms with E-state index in [-0.39, 0.29) is 0 Å².